The van der Waals surface area contributed by atoms with E-state index in [0.29, 0.717) is 36.7 Å². The van der Waals surface area contributed by atoms with Crippen LogP contribution < -0.4 is 21.4 Å². The van der Waals surface area contributed by atoms with E-state index in [1.54, 1.807) is 17.8 Å². The molecule has 2 heterocycles. The van der Waals surface area contributed by atoms with Gasteiger partial charge in [0.2, 0.25) is 5.95 Å². The zero-order valence-corrected chi connectivity index (χ0v) is 20.3. The quantitative estimate of drug-likeness (QED) is 0.240. The van der Waals surface area contributed by atoms with E-state index in [2.05, 4.69) is 20.5 Å². The van der Waals surface area contributed by atoms with E-state index in [-0.39, 0.29) is 0 Å². The highest BCUT2D eigenvalue weighted by Gasteiger charge is 2.17. The zero-order chi connectivity index (χ0) is 25.6. The van der Waals surface area contributed by atoms with Gasteiger partial charge in [-0.05, 0) is 47.4 Å². The van der Waals surface area contributed by atoms with Gasteiger partial charge in [-0.1, -0.05) is 60.7 Å². The summed E-state index contributed by atoms with van der Waals surface area (Å²) in [6, 6.07) is 27.5. The number of fused-ring (bicyclic) bond motifs is 1. The van der Waals surface area contributed by atoms with Crippen LogP contribution >= 0.6 is 0 Å². The molecule has 0 unspecified atom stereocenters. The van der Waals surface area contributed by atoms with Crippen LogP contribution in [0.25, 0.3) is 11.2 Å². The Kier molecular flexibility index (Phi) is 6.93. The van der Waals surface area contributed by atoms with Crippen LogP contribution in [0.2, 0.25) is 0 Å². The highest BCUT2D eigenvalue weighted by molar-refractivity contribution is 5.80. The molecule has 3 aromatic carbocycles. The Hall–Kier alpha value is -4.92. The summed E-state index contributed by atoms with van der Waals surface area (Å²) in [5.74, 6) is 1.13. The minimum atomic E-state index is -0.519. The van der Waals surface area contributed by atoms with E-state index in [0.717, 1.165) is 22.4 Å². The maximum Gasteiger partial charge on any atom is 0.329 e. The number of aryl methyl sites for hydroxylation is 3. The fraction of sp³-hybridized carbons (Fsp3) is 0.143. The monoisotopic (exact) mass is 494 g/mol. The van der Waals surface area contributed by atoms with Crippen LogP contribution in [-0.4, -0.2) is 25.3 Å². The van der Waals surface area contributed by atoms with E-state index >= 15 is 0 Å². The van der Waals surface area contributed by atoms with Gasteiger partial charge in [0.05, 0.1) is 6.21 Å². The van der Waals surface area contributed by atoms with Crippen LogP contribution in [0.3, 0.4) is 0 Å². The number of aromatic amines is 1. The molecular weight excluding hydrogens is 468 g/mol. The van der Waals surface area contributed by atoms with Gasteiger partial charge >= 0.3 is 5.69 Å². The molecule has 0 aliphatic heterocycles. The molecule has 5 rings (SSSR count). The second-order valence-electron chi connectivity index (χ2n) is 8.53. The minimum Gasteiger partial charge on any atom is -0.489 e. The number of nitrogens with one attached hydrogen (secondary N) is 2. The molecule has 0 radical (unpaired) electrons. The molecule has 37 heavy (non-hydrogen) atoms. The predicted molar refractivity (Wildman–Crippen MR) is 144 cm³/mol. The first kappa shape index (κ1) is 23.8. The van der Waals surface area contributed by atoms with Gasteiger partial charge in [-0.2, -0.15) is 10.1 Å². The molecule has 0 atom stereocenters. The van der Waals surface area contributed by atoms with Crippen molar-refractivity contribution in [1.82, 2.24) is 19.1 Å². The van der Waals surface area contributed by atoms with E-state index in [1.165, 1.54) is 4.57 Å². The lowest BCUT2D eigenvalue weighted by atomic mass is 10.1. The molecule has 0 fully saturated rings. The molecule has 186 valence electrons. The molecule has 9 heteroatoms. The average Bonchev–Trinajstić information content (AvgIpc) is 3.30. The third-order valence-electron chi connectivity index (χ3n) is 5.98. The first-order valence-electron chi connectivity index (χ1n) is 11.9. The lowest BCUT2D eigenvalue weighted by Crippen LogP contribution is -2.29. The van der Waals surface area contributed by atoms with Crippen molar-refractivity contribution in [3.05, 3.63) is 122 Å². The third-order valence-corrected chi connectivity index (χ3v) is 5.98. The zero-order valence-electron chi connectivity index (χ0n) is 20.3. The van der Waals surface area contributed by atoms with Crippen LogP contribution in [-0.2, 0) is 26.6 Å². The second-order valence-corrected chi connectivity index (χ2v) is 8.53. The number of anilines is 1. The van der Waals surface area contributed by atoms with Crippen LogP contribution in [0, 0.1) is 0 Å². The van der Waals surface area contributed by atoms with Gasteiger partial charge in [-0.3, -0.25) is 14.3 Å². The van der Waals surface area contributed by atoms with E-state index in [4.69, 9.17) is 4.74 Å². The lowest BCUT2D eigenvalue weighted by molar-refractivity contribution is 0.306. The summed E-state index contributed by atoms with van der Waals surface area (Å²) >= 11 is 0. The van der Waals surface area contributed by atoms with Crippen molar-refractivity contribution in [2.24, 2.45) is 12.1 Å². The van der Waals surface area contributed by atoms with Gasteiger partial charge in [0.25, 0.3) is 5.56 Å². The molecule has 9 nitrogen and oxygen atoms in total. The number of H-pyrrole nitrogens is 1. The van der Waals surface area contributed by atoms with Gasteiger partial charge in [0, 0.05) is 13.6 Å². The van der Waals surface area contributed by atoms with Crippen LogP contribution in [0.4, 0.5) is 5.95 Å². The number of hydrazone groups is 1. The second kappa shape index (κ2) is 10.8. The van der Waals surface area contributed by atoms with E-state index < -0.39 is 11.2 Å². The SMILES string of the molecule is Cn1c(=O)[nH]c(=O)c2c1nc(N/N=C\c1ccc(OCc3ccccc3)cc1)n2CCc1ccccc1. The number of hydrogen-bond donors (Lipinski definition) is 2. The van der Waals surface area contributed by atoms with Gasteiger partial charge in [0.1, 0.15) is 12.4 Å². The normalized spacial score (nSPS) is 11.3. The predicted octanol–water partition coefficient (Wildman–Crippen LogP) is 3.69. The van der Waals surface area contributed by atoms with E-state index in [1.807, 2.05) is 84.9 Å². The largest absolute Gasteiger partial charge is 0.489 e. The summed E-state index contributed by atoms with van der Waals surface area (Å²) in [7, 11) is 1.57. The molecule has 5 aromatic rings. The van der Waals surface area contributed by atoms with Crippen molar-refractivity contribution in [1.29, 1.82) is 0 Å². The van der Waals surface area contributed by atoms with Crippen LogP contribution in [0.5, 0.6) is 5.75 Å². The fourth-order valence-corrected chi connectivity index (χ4v) is 3.98. The van der Waals surface area contributed by atoms with Gasteiger partial charge in [0.15, 0.2) is 11.2 Å². The highest BCUT2D eigenvalue weighted by Crippen LogP contribution is 2.17. The standard InChI is InChI=1S/C28H26N6O3/c1-33-25-24(26(35)31-28(33)36)34(17-16-20-8-4-2-5-9-20)27(30-25)32-29-18-21-12-14-23(15-13-21)37-19-22-10-6-3-7-11-22/h2-15,18H,16-17,19H2,1H3,(H,30,32)(H,31,35,36)/b29-18-. The van der Waals surface area contributed by atoms with Crippen molar-refractivity contribution in [3.63, 3.8) is 0 Å². The Bertz CT molecular complexity index is 1640. The topological polar surface area (TPSA) is 106 Å². The average molecular weight is 495 g/mol. The molecule has 0 amide bonds. The molecule has 0 bridgehead atoms. The molecule has 0 aliphatic carbocycles. The number of benzene rings is 3. The Morgan fingerprint density at radius 1 is 0.946 bits per heavy atom. The minimum absolute atomic E-state index is 0.291. The highest BCUT2D eigenvalue weighted by atomic mass is 16.5. The maximum atomic E-state index is 12.7. The van der Waals surface area contributed by atoms with E-state index in [9.17, 15) is 9.59 Å². The molecule has 2 aromatic heterocycles. The molecule has 0 spiro atoms. The number of nitrogens with zero attached hydrogens (tertiary/aromatic N) is 4. The summed E-state index contributed by atoms with van der Waals surface area (Å²) in [6.07, 6.45) is 2.34. The Labute approximate surface area is 212 Å². The van der Waals surface area contributed by atoms with Crippen molar-refractivity contribution in [2.75, 3.05) is 5.43 Å². The smallest absolute Gasteiger partial charge is 0.329 e. The molecule has 2 N–H and O–H groups in total. The summed E-state index contributed by atoms with van der Waals surface area (Å²) < 4.78 is 8.90. The summed E-state index contributed by atoms with van der Waals surface area (Å²) in [5, 5.41) is 4.33. The maximum absolute atomic E-state index is 12.7. The summed E-state index contributed by atoms with van der Waals surface area (Å²) in [6.45, 7) is 0.976. The van der Waals surface area contributed by atoms with Crippen LogP contribution in [0.15, 0.2) is 99.6 Å². The van der Waals surface area contributed by atoms with Gasteiger partial charge in [-0.25, -0.2) is 10.2 Å². The van der Waals surface area contributed by atoms with Crippen molar-refractivity contribution < 1.29 is 4.74 Å². The number of imidazole rings is 1. The number of hydrogen-bond acceptors (Lipinski definition) is 6. The summed E-state index contributed by atoms with van der Waals surface area (Å²) in [5.41, 5.74) is 5.63. The first-order valence-corrected chi connectivity index (χ1v) is 11.9. The third kappa shape index (κ3) is 5.51. The molecule has 0 saturated heterocycles. The molecule has 0 aliphatic rings. The first-order chi connectivity index (χ1) is 18.1. The molecular formula is C28H26N6O3. The number of rotatable bonds is 9. The Balaban J connectivity index is 1.33. The Morgan fingerprint density at radius 3 is 2.32 bits per heavy atom. The van der Waals surface area contributed by atoms with Crippen molar-refractivity contribution >= 4 is 23.3 Å². The molecule has 0 saturated carbocycles. The fourth-order valence-electron chi connectivity index (χ4n) is 3.98. The van der Waals surface area contributed by atoms with Crippen molar-refractivity contribution in [2.45, 2.75) is 19.6 Å². The summed E-state index contributed by atoms with van der Waals surface area (Å²) in [4.78, 5) is 31.6. The Morgan fingerprint density at radius 2 is 1.62 bits per heavy atom. The lowest BCUT2D eigenvalue weighted by Gasteiger charge is -2.08. The van der Waals surface area contributed by atoms with Gasteiger partial charge < -0.3 is 9.30 Å². The van der Waals surface area contributed by atoms with Crippen molar-refractivity contribution in [3.8, 4) is 5.75 Å². The number of aromatic nitrogens is 4. The number of ether oxygens (including phenoxy) is 1. The van der Waals surface area contributed by atoms with Gasteiger partial charge in [-0.15, -0.1) is 0 Å². The van der Waals surface area contributed by atoms with Crippen LogP contribution in [0.1, 0.15) is 16.7 Å².